The summed E-state index contributed by atoms with van der Waals surface area (Å²) >= 11 is 1.89. The minimum Gasteiger partial charge on any atom is -0.457 e. The Morgan fingerprint density at radius 1 is 0.244 bits per heavy atom. The van der Waals surface area contributed by atoms with E-state index in [9.17, 15) is 0 Å². The number of ether oxygens (including phenoxy) is 1. The summed E-state index contributed by atoms with van der Waals surface area (Å²) in [6, 6.07) is 107. The van der Waals surface area contributed by atoms with Crippen molar-refractivity contribution in [3.8, 4) is 44.9 Å². The van der Waals surface area contributed by atoms with E-state index in [1.807, 2.05) is 11.8 Å². The van der Waals surface area contributed by atoms with Crippen molar-refractivity contribution in [1.82, 2.24) is 0 Å². The van der Waals surface area contributed by atoms with E-state index in [1.54, 1.807) is 0 Å². The van der Waals surface area contributed by atoms with E-state index >= 15 is 0 Å². The van der Waals surface area contributed by atoms with Gasteiger partial charge in [0.05, 0.1) is 16.2 Å². The highest BCUT2D eigenvalue weighted by Gasteiger charge is 2.53. The van der Waals surface area contributed by atoms with Gasteiger partial charge in [-0.3, -0.25) is 0 Å². The molecule has 0 saturated heterocycles. The van der Waals surface area contributed by atoms with E-state index in [2.05, 4.69) is 290 Å². The van der Waals surface area contributed by atoms with Crippen molar-refractivity contribution in [3.05, 3.63) is 352 Å². The monoisotopic (exact) mass is 1010 g/mol. The van der Waals surface area contributed by atoms with Crippen LogP contribution in [0.5, 0.6) is 11.5 Å². The maximum atomic E-state index is 6.83. The second-order valence-electron chi connectivity index (χ2n) is 21.3. The summed E-state index contributed by atoms with van der Waals surface area (Å²) in [6.07, 6.45) is 0. The Hall–Kier alpha value is -9.41. The van der Waals surface area contributed by atoms with Crippen LogP contribution in [0.4, 0.5) is 17.1 Å². The van der Waals surface area contributed by atoms with Crippen LogP contribution < -0.4 is 9.64 Å². The Kier molecular flexibility index (Phi) is 9.15. The van der Waals surface area contributed by atoms with Crippen molar-refractivity contribution < 1.29 is 4.74 Å². The third-order valence-corrected chi connectivity index (χ3v) is 19.0. The zero-order chi connectivity index (χ0) is 51.2. The number of nitrogens with zero attached hydrogens (tertiary/aromatic N) is 1. The van der Waals surface area contributed by atoms with Crippen LogP contribution in [0.15, 0.2) is 295 Å². The lowest BCUT2D eigenvalue weighted by Crippen LogP contribution is -2.32. The second kappa shape index (κ2) is 16.3. The predicted molar refractivity (Wildman–Crippen MR) is 317 cm³/mol. The summed E-state index contributed by atoms with van der Waals surface area (Å²) in [5.41, 5.74) is 24.1. The summed E-state index contributed by atoms with van der Waals surface area (Å²) in [5, 5.41) is 0. The molecular formula is C75H47NOS. The van der Waals surface area contributed by atoms with Crippen LogP contribution in [0.25, 0.3) is 33.4 Å². The first-order valence-corrected chi connectivity index (χ1v) is 27.9. The first-order valence-electron chi connectivity index (χ1n) is 27.1. The van der Waals surface area contributed by atoms with Crippen LogP contribution in [0, 0.1) is 0 Å². The molecule has 12 aromatic carbocycles. The van der Waals surface area contributed by atoms with Gasteiger partial charge in [0.1, 0.15) is 11.5 Å². The number of anilines is 3. The number of benzene rings is 12. The Morgan fingerprint density at radius 2 is 0.551 bits per heavy atom. The second-order valence-corrected chi connectivity index (χ2v) is 22.4. The fourth-order valence-corrected chi connectivity index (χ4v) is 16.2. The van der Waals surface area contributed by atoms with E-state index in [0.717, 1.165) is 39.7 Å². The Bertz CT molecular complexity index is 4150. The summed E-state index contributed by atoms with van der Waals surface area (Å²) in [5.74, 6) is 1.76. The summed E-state index contributed by atoms with van der Waals surface area (Å²) < 4.78 is 6.83. The molecule has 2 aliphatic heterocycles. The first kappa shape index (κ1) is 43.8. The highest BCUT2D eigenvalue weighted by molar-refractivity contribution is 7.99. The third-order valence-electron chi connectivity index (χ3n) is 17.9. The van der Waals surface area contributed by atoms with Crippen molar-refractivity contribution in [2.75, 3.05) is 4.90 Å². The summed E-state index contributed by atoms with van der Waals surface area (Å²) in [6.45, 7) is 0. The Labute approximate surface area is 458 Å². The molecule has 2 nitrogen and oxygen atoms in total. The molecule has 0 unspecified atom stereocenters. The minimum absolute atomic E-state index is 0.555. The number of para-hydroxylation sites is 2. The van der Waals surface area contributed by atoms with E-state index in [4.69, 9.17) is 4.74 Å². The van der Waals surface area contributed by atoms with Gasteiger partial charge in [-0.2, -0.15) is 0 Å². The number of fused-ring (bicyclic) bond motifs is 21. The highest BCUT2D eigenvalue weighted by atomic mass is 32.2. The lowest BCUT2D eigenvalue weighted by atomic mass is 9.66. The lowest BCUT2D eigenvalue weighted by molar-refractivity contribution is 0.436. The fourth-order valence-electron chi connectivity index (χ4n) is 15.0. The maximum Gasteiger partial charge on any atom is 0.132 e. The van der Waals surface area contributed by atoms with E-state index in [1.165, 1.54) is 98.8 Å². The van der Waals surface area contributed by atoms with Gasteiger partial charge in [-0.15, -0.1) is 0 Å². The van der Waals surface area contributed by atoms with Crippen LogP contribution in [-0.2, 0) is 16.2 Å². The molecule has 0 bridgehead atoms. The molecule has 3 heteroatoms. The molecule has 0 saturated carbocycles. The Morgan fingerprint density at radius 3 is 0.987 bits per heavy atom. The molecule has 364 valence electrons. The van der Waals surface area contributed by atoms with Crippen molar-refractivity contribution in [1.29, 1.82) is 0 Å². The summed E-state index contributed by atoms with van der Waals surface area (Å²) in [4.78, 5) is 5.14. The van der Waals surface area contributed by atoms with Crippen LogP contribution in [0.1, 0.15) is 66.8 Å². The molecule has 0 fully saturated rings. The van der Waals surface area contributed by atoms with Crippen LogP contribution in [-0.4, -0.2) is 0 Å². The van der Waals surface area contributed by atoms with Gasteiger partial charge in [0.15, 0.2) is 0 Å². The molecule has 12 aromatic rings. The predicted octanol–water partition coefficient (Wildman–Crippen LogP) is 18.8. The molecule has 0 aromatic heterocycles. The minimum atomic E-state index is -0.648. The Balaban J connectivity index is 0.975. The number of hydrogen-bond acceptors (Lipinski definition) is 3. The van der Waals surface area contributed by atoms with Crippen LogP contribution in [0.3, 0.4) is 0 Å². The quantitative estimate of drug-likeness (QED) is 0.170. The molecule has 78 heavy (non-hydrogen) atoms. The summed E-state index contributed by atoms with van der Waals surface area (Å²) in [7, 11) is 0. The van der Waals surface area contributed by atoms with Crippen molar-refractivity contribution in [2.45, 2.75) is 26.0 Å². The highest BCUT2D eigenvalue weighted by Crippen LogP contribution is 2.66. The molecule has 17 rings (SSSR count). The molecule has 0 amide bonds. The van der Waals surface area contributed by atoms with E-state index in [-0.39, 0.29) is 0 Å². The topological polar surface area (TPSA) is 12.5 Å². The van der Waals surface area contributed by atoms with E-state index in [0.29, 0.717) is 0 Å². The van der Waals surface area contributed by atoms with Gasteiger partial charge in [0.2, 0.25) is 0 Å². The van der Waals surface area contributed by atoms with Crippen LogP contribution in [0.2, 0.25) is 0 Å². The maximum absolute atomic E-state index is 6.83. The van der Waals surface area contributed by atoms with Gasteiger partial charge in [-0.1, -0.05) is 236 Å². The fraction of sp³-hybridized carbons (Fsp3) is 0.0400. The smallest absolute Gasteiger partial charge is 0.132 e. The molecule has 0 atom stereocenters. The lowest BCUT2D eigenvalue weighted by Gasteiger charge is -2.40. The van der Waals surface area contributed by atoms with Gasteiger partial charge in [0.25, 0.3) is 0 Å². The molecule has 0 radical (unpaired) electrons. The largest absolute Gasteiger partial charge is 0.457 e. The van der Waals surface area contributed by atoms with Gasteiger partial charge >= 0.3 is 0 Å². The van der Waals surface area contributed by atoms with Gasteiger partial charge in [-0.25, -0.2) is 0 Å². The zero-order valence-electron chi connectivity index (χ0n) is 42.4. The SMILES string of the molecule is c1ccc(C2(c3ccccc3)c3ccccc3-c3ccc(N(c4ccc5c(c4)C4(c6ccccc6Oc6ccccc64)c4ccccc4-5)c4ccc5c(c4)C4(c6ccccc6Sc6ccccc64)c4ccccc4-5)cc32)cc1. The van der Waals surface area contributed by atoms with Gasteiger partial charge < -0.3 is 9.64 Å². The number of hydrogen-bond donors (Lipinski definition) is 0. The van der Waals surface area contributed by atoms with Gasteiger partial charge in [-0.05, 0) is 150 Å². The van der Waals surface area contributed by atoms with Crippen molar-refractivity contribution in [2.24, 2.45) is 0 Å². The third kappa shape index (κ3) is 5.58. The molecule has 2 heterocycles. The van der Waals surface area contributed by atoms with Crippen LogP contribution >= 0.6 is 11.8 Å². The van der Waals surface area contributed by atoms with Gasteiger partial charge in [0, 0.05) is 38.0 Å². The van der Waals surface area contributed by atoms with E-state index < -0.39 is 16.2 Å². The standard InChI is InChI=1S/C75H47NOS/c1-3-21-48(22-4-1)73(49-23-5-2-6-24-49)59-28-10-7-25-53(59)56-42-39-50(45-66(56)73)76(51-40-43-57-54-26-8-11-29-60(54)74(67(57)46-51)62-31-13-17-35-69(62)77-70-36-18-14-32-63(70)74)52-41-44-58-55-27-9-12-30-61(55)75(68(58)47-52)64-33-15-19-37-71(64)78-72-38-20-16-34-65(72)75/h1-47H. The zero-order valence-corrected chi connectivity index (χ0v) is 43.2. The molecule has 3 aliphatic carbocycles. The number of rotatable bonds is 5. The molecule has 2 spiro atoms. The molecule has 0 N–H and O–H groups in total. The molecule has 5 aliphatic rings. The normalized spacial score (nSPS) is 15.0. The van der Waals surface area contributed by atoms with Crippen molar-refractivity contribution in [3.63, 3.8) is 0 Å². The first-order chi connectivity index (χ1) is 38.7. The van der Waals surface area contributed by atoms with Crippen molar-refractivity contribution >= 4 is 28.8 Å². The average Bonchev–Trinajstić information content (AvgIpc) is 4.12. The molecular weight excluding hydrogens is 963 g/mol. The average molecular weight is 1010 g/mol.